The van der Waals surface area contributed by atoms with E-state index in [2.05, 4.69) is 62.2 Å². The Bertz CT molecular complexity index is 1190. The fraction of sp³-hybridized carbons (Fsp3) is 0.455. The Balaban J connectivity index is 1.99. The van der Waals surface area contributed by atoms with Crippen molar-refractivity contribution in [3.8, 4) is 21.3 Å². The van der Waals surface area contributed by atoms with Crippen LogP contribution in [-0.2, 0) is 7.05 Å². The molecule has 0 fully saturated rings. The first kappa shape index (κ1) is 19.8. The van der Waals surface area contributed by atoms with E-state index in [1.165, 1.54) is 21.6 Å². The van der Waals surface area contributed by atoms with Crippen LogP contribution in [0.3, 0.4) is 0 Å². The Hall–Kier alpha value is -2.54. The zero-order chi connectivity index (χ0) is 20.9. The molecule has 4 heterocycles. The van der Waals surface area contributed by atoms with Gasteiger partial charge in [0.15, 0.2) is 11.5 Å². The molecular weight excluding hydrogens is 380 g/mol. The Morgan fingerprint density at radius 1 is 1.03 bits per heavy atom. The molecule has 29 heavy (non-hydrogen) atoms. The minimum Gasteiger partial charge on any atom is -0.248 e. The van der Waals surface area contributed by atoms with E-state index in [0.29, 0.717) is 5.92 Å². The summed E-state index contributed by atoms with van der Waals surface area (Å²) in [4.78, 5) is 11.8. The van der Waals surface area contributed by atoms with Crippen LogP contribution in [0.25, 0.3) is 26.9 Å². The molecule has 0 aliphatic rings. The lowest BCUT2D eigenvalue weighted by atomic mass is 9.95. The van der Waals surface area contributed by atoms with Crippen molar-refractivity contribution in [2.75, 3.05) is 0 Å². The van der Waals surface area contributed by atoms with Crippen molar-refractivity contribution in [2.24, 2.45) is 7.05 Å². The molecule has 4 aromatic heterocycles. The van der Waals surface area contributed by atoms with E-state index in [-0.39, 0.29) is 0 Å². The number of hydrogen-bond donors (Lipinski definition) is 0. The van der Waals surface area contributed by atoms with Gasteiger partial charge in [-0.25, -0.2) is 19.2 Å². The highest BCUT2D eigenvalue weighted by Gasteiger charge is 2.24. The number of aromatic nitrogens is 6. The van der Waals surface area contributed by atoms with Gasteiger partial charge in [-0.05, 0) is 63.6 Å². The van der Waals surface area contributed by atoms with Gasteiger partial charge in [-0.1, -0.05) is 13.8 Å². The maximum Gasteiger partial charge on any atom is 0.168 e. The molecule has 0 amide bonds. The van der Waals surface area contributed by atoms with Crippen LogP contribution in [0.1, 0.15) is 60.7 Å². The fourth-order valence-corrected chi connectivity index (χ4v) is 5.53. The van der Waals surface area contributed by atoms with Gasteiger partial charge in [-0.15, -0.1) is 11.3 Å². The summed E-state index contributed by atoms with van der Waals surface area (Å²) in [6.07, 6.45) is 3.81. The molecule has 152 valence electrons. The number of fused-ring (bicyclic) bond motifs is 1. The first-order chi connectivity index (χ1) is 13.9. The van der Waals surface area contributed by atoms with Crippen molar-refractivity contribution < 1.29 is 0 Å². The zero-order valence-corrected chi connectivity index (χ0v) is 19.1. The molecule has 0 atom stereocenters. The quantitative estimate of drug-likeness (QED) is 0.444. The minimum atomic E-state index is 0.495. The summed E-state index contributed by atoms with van der Waals surface area (Å²) in [5.74, 6) is 1.39. The predicted molar refractivity (Wildman–Crippen MR) is 119 cm³/mol. The number of rotatable bonds is 5. The van der Waals surface area contributed by atoms with Crippen LogP contribution >= 0.6 is 11.3 Å². The van der Waals surface area contributed by atoms with Crippen LogP contribution in [-0.4, -0.2) is 29.4 Å². The van der Waals surface area contributed by atoms with E-state index in [1.54, 1.807) is 17.7 Å². The number of nitrogens with zero attached hydrogens (tertiary/aromatic N) is 6. The van der Waals surface area contributed by atoms with Crippen molar-refractivity contribution in [3.05, 3.63) is 40.5 Å². The largest absolute Gasteiger partial charge is 0.248 e. The molecule has 0 radical (unpaired) electrons. The van der Waals surface area contributed by atoms with Gasteiger partial charge in [0, 0.05) is 12.6 Å². The van der Waals surface area contributed by atoms with Crippen molar-refractivity contribution in [1.82, 2.24) is 29.4 Å². The van der Waals surface area contributed by atoms with E-state index in [9.17, 15) is 0 Å². The van der Waals surface area contributed by atoms with Crippen molar-refractivity contribution in [3.63, 3.8) is 0 Å². The van der Waals surface area contributed by atoms with Crippen LogP contribution in [0.2, 0.25) is 0 Å². The first-order valence-electron chi connectivity index (χ1n) is 10.2. The summed E-state index contributed by atoms with van der Waals surface area (Å²) >= 11 is 1.75. The van der Waals surface area contributed by atoms with Crippen LogP contribution in [0.4, 0.5) is 0 Å². The zero-order valence-electron chi connectivity index (χ0n) is 18.2. The molecule has 0 aromatic carbocycles. The predicted octanol–water partition coefficient (Wildman–Crippen LogP) is 5.39. The van der Waals surface area contributed by atoms with E-state index in [0.717, 1.165) is 46.3 Å². The smallest absolute Gasteiger partial charge is 0.168 e. The molecule has 4 aromatic rings. The Kier molecular flexibility index (Phi) is 5.02. The van der Waals surface area contributed by atoms with Gasteiger partial charge in [0.25, 0.3) is 0 Å². The highest BCUT2D eigenvalue weighted by atomic mass is 32.1. The highest BCUT2D eigenvalue weighted by molar-refractivity contribution is 7.19. The second-order valence-corrected chi connectivity index (χ2v) is 8.77. The third kappa shape index (κ3) is 3.08. The Morgan fingerprint density at radius 3 is 2.34 bits per heavy atom. The van der Waals surface area contributed by atoms with Crippen LogP contribution in [0, 0.1) is 27.7 Å². The summed E-state index contributed by atoms with van der Waals surface area (Å²) in [5, 5.41) is 9.12. The Morgan fingerprint density at radius 2 is 1.72 bits per heavy atom. The lowest BCUT2D eigenvalue weighted by Crippen LogP contribution is -2.05. The second kappa shape index (κ2) is 7.37. The van der Waals surface area contributed by atoms with Gasteiger partial charge in [0.1, 0.15) is 12.0 Å². The van der Waals surface area contributed by atoms with Gasteiger partial charge >= 0.3 is 0 Å². The summed E-state index contributed by atoms with van der Waals surface area (Å²) < 4.78 is 3.90. The second-order valence-electron chi connectivity index (χ2n) is 7.75. The van der Waals surface area contributed by atoms with E-state index >= 15 is 0 Å². The molecule has 0 saturated heterocycles. The lowest BCUT2D eigenvalue weighted by Gasteiger charge is -2.14. The molecule has 0 unspecified atom stereocenters. The number of hydrogen-bond acceptors (Lipinski definition) is 5. The Labute approximate surface area is 175 Å². The molecule has 0 aliphatic heterocycles. The monoisotopic (exact) mass is 408 g/mol. The minimum absolute atomic E-state index is 0.495. The maximum absolute atomic E-state index is 4.98. The average Bonchev–Trinajstić information content (AvgIpc) is 3.33. The SMILES string of the molecule is CCC(CC)c1cc(C)nn2c(-c3sc(-c4ncnn4C)c(C)c3C)c(C)nc12. The molecule has 0 bridgehead atoms. The standard InChI is InChI=1S/C22H28N6S/c1-8-16(9-2)17-10-12(3)26-28-18(15(6)25-21(17)28)19-13(4)14(5)20(29-19)22-23-11-24-27(22)7/h10-11,16H,8-9H2,1-7H3. The third-order valence-electron chi connectivity index (χ3n) is 5.91. The lowest BCUT2D eigenvalue weighted by molar-refractivity contribution is 0.638. The van der Waals surface area contributed by atoms with E-state index in [4.69, 9.17) is 10.1 Å². The fourth-order valence-electron chi connectivity index (χ4n) is 4.10. The molecule has 7 heteroatoms. The highest BCUT2D eigenvalue weighted by Crippen LogP contribution is 2.42. The van der Waals surface area contributed by atoms with Crippen LogP contribution in [0.15, 0.2) is 12.4 Å². The van der Waals surface area contributed by atoms with Gasteiger partial charge in [0.05, 0.1) is 21.1 Å². The van der Waals surface area contributed by atoms with Crippen LogP contribution < -0.4 is 0 Å². The molecule has 4 rings (SSSR count). The number of aryl methyl sites for hydroxylation is 3. The summed E-state index contributed by atoms with van der Waals surface area (Å²) in [6, 6.07) is 2.21. The number of thiophene rings is 1. The van der Waals surface area contributed by atoms with Crippen molar-refractivity contribution >= 4 is 17.0 Å². The number of imidazole rings is 1. The van der Waals surface area contributed by atoms with E-state index in [1.807, 2.05) is 11.7 Å². The summed E-state index contributed by atoms with van der Waals surface area (Å²) in [5.41, 5.74) is 7.92. The topological polar surface area (TPSA) is 60.9 Å². The van der Waals surface area contributed by atoms with E-state index < -0.39 is 0 Å². The molecule has 0 spiro atoms. The summed E-state index contributed by atoms with van der Waals surface area (Å²) in [7, 11) is 1.93. The molecule has 0 aliphatic carbocycles. The molecule has 0 saturated carbocycles. The molecular formula is C22H28N6S. The van der Waals surface area contributed by atoms with Gasteiger partial charge in [-0.2, -0.15) is 10.2 Å². The average molecular weight is 409 g/mol. The van der Waals surface area contributed by atoms with Crippen molar-refractivity contribution in [2.45, 2.75) is 60.3 Å². The molecule has 6 nitrogen and oxygen atoms in total. The van der Waals surface area contributed by atoms with Crippen LogP contribution in [0.5, 0.6) is 0 Å². The summed E-state index contributed by atoms with van der Waals surface area (Å²) in [6.45, 7) is 13.0. The first-order valence-corrected chi connectivity index (χ1v) is 11.0. The van der Waals surface area contributed by atoms with Gasteiger partial charge in [0.2, 0.25) is 0 Å². The third-order valence-corrected chi connectivity index (χ3v) is 7.31. The van der Waals surface area contributed by atoms with Gasteiger partial charge in [-0.3, -0.25) is 0 Å². The van der Waals surface area contributed by atoms with Crippen molar-refractivity contribution in [1.29, 1.82) is 0 Å². The molecule has 0 N–H and O–H groups in total. The van der Waals surface area contributed by atoms with Gasteiger partial charge < -0.3 is 0 Å². The maximum atomic E-state index is 4.98. The normalized spacial score (nSPS) is 11.9.